The number of halogens is 1. The van der Waals surface area contributed by atoms with Crippen LogP contribution in [0.4, 0.5) is 0 Å². The Balaban J connectivity index is 0.00000144. The first-order chi connectivity index (χ1) is 5.84. The van der Waals surface area contributed by atoms with Crippen LogP contribution in [0.25, 0.3) is 0 Å². The Hall–Kier alpha value is -0.600. The van der Waals surface area contributed by atoms with Crippen LogP contribution in [-0.4, -0.2) is 4.98 Å². The number of nitrogens with two attached hydrogens (primary N) is 1. The number of hydrogen-bond acceptors (Lipinski definition) is 2. The zero-order chi connectivity index (χ0) is 8.81. The van der Waals surface area contributed by atoms with Gasteiger partial charge in [0, 0.05) is 18.4 Å². The van der Waals surface area contributed by atoms with Gasteiger partial charge in [0.05, 0.1) is 0 Å². The normalized spacial score (nSPS) is 11.8. The predicted octanol–water partition coefficient (Wildman–Crippen LogP) is 2.69. The summed E-state index contributed by atoms with van der Waals surface area (Å²) in [6, 6.07) is 4.16. The van der Waals surface area contributed by atoms with Crippen LogP contribution >= 0.6 is 12.4 Å². The summed E-state index contributed by atoms with van der Waals surface area (Å²) in [5.74, 6) is 0. The third-order valence-corrected chi connectivity index (χ3v) is 2.00. The fourth-order valence-electron chi connectivity index (χ4n) is 1.20. The average Bonchev–Trinajstić information content (AvgIpc) is 2.15. The van der Waals surface area contributed by atoms with Gasteiger partial charge in [-0.25, -0.2) is 0 Å². The van der Waals surface area contributed by atoms with Crippen LogP contribution in [0.5, 0.6) is 0 Å². The molecule has 74 valence electrons. The molecule has 1 rings (SSSR count). The summed E-state index contributed by atoms with van der Waals surface area (Å²) in [4.78, 5) is 3.95. The molecule has 2 nitrogen and oxygen atoms in total. The monoisotopic (exact) mass is 200 g/mol. The second-order valence-electron chi connectivity index (χ2n) is 3.03. The fraction of sp³-hybridized carbons (Fsp3) is 0.500. The molecule has 0 saturated carbocycles. The molecule has 0 radical (unpaired) electrons. The summed E-state index contributed by atoms with van der Waals surface area (Å²) in [7, 11) is 0. The van der Waals surface area contributed by atoms with Gasteiger partial charge in [-0.3, -0.25) is 4.98 Å². The number of aromatic nitrogens is 1. The molecule has 1 heterocycles. The quantitative estimate of drug-likeness (QED) is 0.812. The highest BCUT2D eigenvalue weighted by molar-refractivity contribution is 5.85. The van der Waals surface area contributed by atoms with Gasteiger partial charge in [0.2, 0.25) is 0 Å². The molecular weight excluding hydrogens is 184 g/mol. The van der Waals surface area contributed by atoms with Crippen molar-refractivity contribution in [2.45, 2.75) is 32.2 Å². The van der Waals surface area contributed by atoms with Gasteiger partial charge in [0.15, 0.2) is 0 Å². The molecule has 2 N–H and O–H groups in total. The first-order valence-corrected chi connectivity index (χ1v) is 4.50. The summed E-state index contributed by atoms with van der Waals surface area (Å²) in [6.07, 6.45) is 7.06. The van der Waals surface area contributed by atoms with E-state index in [0.29, 0.717) is 0 Å². The molecule has 3 heteroatoms. The van der Waals surface area contributed by atoms with E-state index in [4.69, 9.17) is 5.73 Å². The van der Waals surface area contributed by atoms with E-state index in [1.807, 2.05) is 12.1 Å². The third kappa shape index (κ3) is 4.25. The number of nitrogens with zero attached hydrogens (tertiary/aromatic N) is 1. The maximum Gasteiger partial charge on any atom is 0.0295 e. The number of pyridine rings is 1. The Labute approximate surface area is 86.0 Å². The van der Waals surface area contributed by atoms with Crippen LogP contribution in [0.15, 0.2) is 24.5 Å². The lowest BCUT2D eigenvalue weighted by Gasteiger charge is -2.09. The average molecular weight is 201 g/mol. The van der Waals surface area contributed by atoms with Gasteiger partial charge < -0.3 is 5.73 Å². The molecule has 0 aromatic carbocycles. The Morgan fingerprint density at radius 1 is 1.38 bits per heavy atom. The van der Waals surface area contributed by atoms with E-state index in [9.17, 15) is 0 Å². The second-order valence-corrected chi connectivity index (χ2v) is 3.03. The fourth-order valence-corrected chi connectivity index (χ4v) is 1.20. The molecule has 0 bridgehead atoms. The third-order valence-electron chi connectivity index (χ3n) is 2.00. The smallest absolute Gasteiger partial charge is 0.0295 e. The van der Waals surface area contributed by atoms with Crippen LogP contribution in [-0.2, 0) is 0 Å². The van der Waals surface area contributed by atoms with Gasteiger partial charge in [-0.05, 0) is 24.1 Å². The zero-order valence-electron chi connectivity index (χ0n) is 7.94. The number of hydrogen-bond donors (Lipinski definition) is 1. The molecule has 1 atom stereocenters. The van der Waals surface area contributed by atoms with Crippen molar-refractivity contribution < 1.29 is 0 Å². The Morgan fingerprint density at radius 2 is 2.00 bits per heavy atom. The Morgan fingerprint density at radius 3 is 2.54 bits per heavy atom. The van der Waals surface area contributed by atoms with Gasteiger partial charge in [0.25, 0.3) is 0 Å². The Bertz CT molecular complexity index is 213. The van der Waals surface area contributed by atoms with Gasteiger partial charge >= 0.3 is 0 Å². The van der Waals surface area contributed by atoms with E-state index >= 15 is 0 Å². The van der Waals surface area contributed by atoms with Gasteiger partial charge in [-0.2, -0.15) is 0 Å². The topological polar surface area (TPSA) is 38.9 Å². The molecule has 0 saturated heterocycles. The van der Waals surface area contributed by atoms with Gasteiger partial charge in [0.1, 0.15) is 0 Å². The zero-order valence-corrected chi connectivity index (χ0v) is 8.76. The summed E-state index contributed by atoms with van der Waals surface area (Å²) in [6.45, 7) is 2.18. The Kier molecular flexibility index (Phi) is 6.55. The van der Waals surface area contributed by atoms with Crippen LogP contribution in [0, 0.1) is 0 Å². The molecule has 0 aliphatic carbocycles. The molecule has 0 amide bonds. The summed E-state index contributed by atoms with van der Waals surface area (Å²) in [5, 5.41) is 0. The van der Waals surface area contributed by atoms with Crippen LogP contribution in [0.3, 0.4) is 0 Å². The maximum absolute atomic E-state index is 5.95. The summed E-state index contributed by atoms with van der Waals surface area (Å²) in [5.41, 5.74) is 7.15. The highest BCUT2D eigenvalue weighted by atomic mass is 35.5. The minimum Gasteiger partial charge on any atom is -0.324 e. The molecule has 0 fully saturated rings. The van der Waals surface area contributed by atoms with E-state index in [1.54, 1.807) is 12.4 Å². The van der Waals surface area contributed by atoms with Crippen LogP contribution < -0.4 is 5.73 Å². The van der Waals surface area contributed by atoms with Crippen molar-refractivity contribution in [2.24, 2.45) is 5.73 Å². The lowest BCUT2D eigenvalue weighted by atomic mass is 10.0. The molecule has 0 unspecified atom stereocenters. The molecule has 0 spiro atoms. The van der Waals surface area contributed by atoms with Crippen molar-refractivity contribution in [3.05, 3.63) is 30.1 Å². The predicted molar refractivity (Wildman–Crippen MR) is 57.9 cm³/mol. The lowest BCUT2D eigenvalue weighted by Crippen LogP contribution is -2.09. The van der Waals surface area contributed by atoms with Crippen molar-refractivity contribution in [3.63, 3.8) is 0 Å². The second kappa shape index (κ2) is 6.87. The van der Waals surface area contributed by atoms with Crippen molar-refractivity contribution >= 4 is 12.4 Å². The van der Waals surface area contributed by atoms with Crippen molar-refractivity contribution in [1.29, 1.82) is 0 Å². The lowest BCUT2D eigenvalue weighted by molar-refractivity contribution is 0.603. The highest BCUT2D eigenvalue weighted by Crippen LogP contribution is 2.14. The molecule has 0 aliphatic heterocycles. The molecule has 1 aromatic rings. The molecule has 13 heavy (non-hydrogen) atoms. The summed E-state index contributed by atoms with van der Waals surface area (Å²) >= 11 is 0. The minimum atomic E-state index is 0. The largest absolute Gasteiger partial charge is 0.324 e. The van der Waals surface area contributed by atoms with E-state index in [-0.39, 0.29) is 18.4 Å². The standard InChI is InChI=1S/C10H16N2.ClH/c1-2-3-4-10(11)9-5-7-12-8-6-9;/h5-8,10H,2-4,11H2,1H3;1H/t10-;/m0./s1. The van der Waals surface area contributed by atoms with Crippen molar-refractivity contribution in [2.75, 3.05) is 0 Å². The highest BCUT2D eigenvalue weighted by Gasteiger charge is 2.03. The maximum atomic E-state index is 5.95. The molecular formula is C10H17ClN2. The van der Waals surface area contributed by atoms with Gasteiger partial charge in [-0.15, -0.1) is 12.4 Å². The first kappa shape index (κ1) is 12.4. The van der Waals surface area contributed by atoms with Gasteiger partial charge in [-0.1, -0.05) is 19.8 Å². The molecule has 1 aromatic heterocycles. The minimum absolute atomic E-state index is 0. The summed E-state index contributed by atoms with van der Waals surface area (Å²) < 4.78 is 0. The first-order valence-electron chi connectivity index (χ1n) is 4.50. The SMILES string of the molecule is CCCC[C@H](N)c1ccncc1.Cl. The molecule has 0 aliphatic rings. The van der Waals surface area contributed by atoms with Crippen LogP contribution in [0.2, 0.25) is 0 Å². The van der Waals surface area contributed by atoms with Crippen LogP contribution in [0.1, 0.15) is 37.8 Å². The van der Waals surface area contributed by atoms with E-state index < -0.39 is 0 Å². The van der Waals surface area contributed by atoms with E-state index in [1.165, 1.54) is 18.4 Å². The van der Waals surface area contributed by atoms with E-state index in [0.717, 1.165) is 6.42 Å². The van der Waals surface area contributed by atoms with Crippen molar-refractivity contribution in [3.8, 4) is 0 Å². The number of rotatable bonds is 4. The van der Waals surface area contributed by atoms with E-state index in [2.05, 4.69) is 11.9 Å². The number of unbranched alkanes of at least 4 members (excludes halogenated alkanes) is 1. The van der Waals surface area contributed by atoms with Crippen molar-refractivity contribution in [1.82, 2.24) is 4.98 Å².